The molecule has 96 valence electrons. The van der Waals surface area contributed by atoms with E-state index in [-0.39, 0.29) is 0 Å². The molecule has 0 fully saturated rings. The highest BCUT2D eigenvalue weighted by molar-refractivity contribution is 5.50. The SMILES string of the molecule is COc1cc(C#N)ccc1Oc1ncnc(N)c1C. The number of nitrogens with zero attached hydrogens (tertiary/aromatic N) is 3. The lowest BCUT2D eigenvalue weighted by Gasteiger charge is -2.11. The molecule has 2 aromatic rings. The van der Waals surface area contributed by atoms with Crippen LogP contribution in [0, 0.1) is 18.3 Å². The Labute approximate surface area is 110 Å². The molecule has 1 aromatic heterocycles. The van der Waals surface area contributed by atoms with Crippen LogP contribution in [-0.2, 0) is 0 Å². The summed E-state index contributed by atoms with van der Waals surface area (Å²) in [7, 11) is 1.50. The van der Waals surface area contributed by atoms with Crippen molar-refractivity contribution >= 4 is 5.82 Å². The molecule has 6 heteroatoms. The van der Waals surface area contributed by atoms with E-state index in [0.717, 1.165) is 0 Å². The largest absolute Gasteiger partial charge is 0.493 e. The molecule has 0 radical (unpaired) electrons. The van der Waals surface area contributed by atoms with Gasteiger partial charge in [-0.25, -0.2) is 9.97 Å². The highest BCUT2D eigenvalue weighted by Gasteiger charge is 2.11. The van der Waals surface area contributed by atoms with Crippen molar-refractivity contribution in [1.82, 2.24) is 9.97 Å². The van der Waals surface area contributed by atoms with Gasteiger partial charge in [0.15, 0.2) is 11.5 Å². The Bertz CT molecular complexity index is 650. The van der Waals surface area contributed by atoms with Gasteiger partial charge < -0.3 is 15.2 Å². The summed E-state index contributed by atoms with van der Waals surface area (Å²) in [6.07, 6.45) is 1.33. The molecule has 6 nitrogen and oxygen atoms in total. The van der Waals surface area contributed by atoms with E-state index in [4.69, 9.17) is 20.5 Å². The number of nitriles is 1. The third kappa shape index (κ3) is 2.55. The molecule has 1 aromatic carbocycles. The normalized spacial score (nSPS) is 9.74. The molecule has 0 atom stereocenters. The average Bonchev–Trinajstić information content (AvgIpc) is 2.44. The molecule has 0 aliphatic heterocycles. The van der Waals surface area contributed by atoms with Crippen molar-refractivity contribution in [1.29, 1.82) is 5.26 Å². The van der Waals surface area contributed by atoms with Crippen LogP contribution in [0.1, 0.15) is 11.1 Å². The van der Waals surface area contributed by atoms with Gasteiger partial charge in [-0.05, 0) is 19.1 Å². The Morgan fingerprint density at radius 2 is 2.05 bits per heavy atom. The minimum Gasteiger partial charge on any atom is -0.493 e. The summed E-state index contributed by atoms with van der Waals surface area (Å²) in [5.74, 6) is 1.63. The maximum atomic E-state index is 8.84. The van der Waals surface area contributed by atoms with Gasteiger partial charge in [0.05, 0.1) is 24.3 Å². The van der Waals surface area contributed by atoms with Crippen molar-refractivity contribution in [3.05, 3.63) is 35.7 Å². The number of nitrogen functional groups attached to an aromatic ring is 1. The van der Waals surface area contributed by atoms with Crippen molar-refractivity contribution in [2.75, 3.05) is 12.8 Å². The molecule has 2 rings (SSSR count). The second kappa shape index (κ2) is 5.23. The molecule has 1 heterocycles. The first-order valence-electron chi connectivity index (χ1n) is 5.48. The molecule has 0 amide bonds. The first kappa shape index (κ1) is 12.6. The van der Waals surface area contributed by atoms with Gasteiger partial charge in [0.1, 0.15) is 12.1 Å². The number of ether oxygens (including phenoxy) is 2. The monoisotopic (exact) mass is 256 g/mol. The lowest BCUT2D eigenvalue weighted by molar-refractivity contribution is 0.373. The Morgan fingerprint density at radius 3 is 2.74 bits per heavy atom. The number of benzene rings is 1. The maximum Gasteiger partial charge on any atom is 0.227 e. The Kier molecular flexibility index (Phi) is 3.48. The average molecular weight is 256 g/mol. The highest BCUT2D eigenvalue weighted by Crippen LogP contribution is 2.33. The van der Waals surface area contributed by atoms with Gasteiger partial charge >= 0.3 is 0 Å². The molecule has 0 bridgehead atoms. The molecule has 0 unspecified atom stereocenters. The fraction of sp³-hybridized carbons (Fsp3) is 0.154. The van der Waals surface area contributed by atoms with Crippen molar-refractivity contribution in [2.24, 2.45) is 0 Å². The smallest absolute Gasteiger partial charge is 0.227 e. The first-order valence-corrected chi connectivity index (χ1v) is 5.48. The van der Waals surface area contributed by atoms with Crippen LogP contribution in [0.4, 0.5) is 5.82 Å². The number of hydrogen-bond acceptors (Lipinski definition) is 6. The number of nitrogens with two attached hydrogens (primary N) is 1. The molecule has 0 aliphatic rings. The van der Waals surface area contributed by atoms with E-state index >= 15 is 0 Å². The van der Waals surface area contributed by atoms with Gasteiger partial charge in [0, 0.05) is 6.07 Å². The number of rotatable bonds is 3. The van der Waals surface area contributed by atoms with E-state index in [2.05, 4.69) is 9.97 Å². The van der Waals surface area contributed by atoms with E-state index in [0.29, 0.717) is 34.3 Å². The van der Waals surface area contributed by atoms with Gasteiger partial charge in [0.25, 0.3) is 0 Å². The fourth-order valence-corrected chi connectivity index (χ4v) is 1.48. The topological polar surface area (TPSA) is 94.0 Å². The van der Waals surface area contributed by atoms with E-state index in [1.165, 1.54) is 13.4 Å². The lowest BCUT2D eigenvalue weighted by atomic mass is 10.2. The van der Waals surface area contributed by atoms with Gasteiger partial charge in [-0.2, -0.15) is 5.26 Å². The second-order valence-electron chi connectivity index (χ2n) is 3.77. The third-order valence-electron chi connectivity index (χ3n) is 2.58. The minimum atomic E-state index is 0.357. The molecule has 2 N–H and O–H groups in total. The summed E-state index contributed by atoms with van der Waals surface area (Å²) in [4.78, 5) is 7.88. The van der Waals surface area contributed by atoms with Crippen LogP contribution in [0.3, 0.4) is 0 Å². The van der Waals surface area contributed by atoms with Crippen molar-refractivity contribution in [3.63, 3.8) is 0 Å². The summed E-state index contributed by atoms with van der Waals surface area (Å²) in [5, 5.41) is 8.84. The first-order chi connectivity index (χ1) is 9.15. The second-order valence-corrected chi connectivity index (χ2v) is 3.77. The van der Waals surface area contributed by atoms with Gasteiger partial charge in [0.2, 0.25) is 5.88 Å². The summed E-state index contributed by atoms with van der Waals surface area (Å²) >= 11 is 0. The van der Waals surface area contributed by atoms with Crippen LogP contribution in [-0.4, -0.2) is 17.1 Å². The molecule has 0 spiro atoms. The summed E-state index contributed by atoms with van der Waals surface area (Å²) in [5.41, 5.74) is 6.82. The highest BCUT2D eigenvalue weighted by atomic mass is 16.5. The van der Waals surface area contributed by atoms with Gasteiger partial charge in [-0.1, -0.05) is 0 Å². The molecule has 0 saturated carbocycles. The maximum absolute atomic E-state index is 8.84. The third-order valence-corrected chi connectivity index (χ3v) is 2.58. The fourth-order valence-electron chi connectivity index (χ4n) is 1.48. The molecule has 0 saturated heterocycles. The predicted molar refractivity (Wildman–Crippen MR) is 69.0 cm³/mol. The van der Waals surface area contributed by atoms with E-state index < -0.39 is 0 Å². The minimum absolute atomic E-state index is 0.357. The number of aromatic nitrogens is 2. The van der Waals surface area contributed by atoms with Crippen LogP contribution >= 0.6 is 0 Å². The summed E-state index contributed by atoms with van der Waals surface area (Å²) < 4.78 is 10.8. The quantitative estimate of drug-likeness (QED) is 0.903. The summed E-state index contributed by atoms with van der Waals surface area (Å²) in [6, 6.07) is 6.91. The van der Waals surface area contributed by atoms with E-state index in [1.807, 2.05) is 6.07 Å². The van der Waals surface area contributed by atoms with Crippen molar-refractivity contribution < 1.29 is 9.47 Å². The molecule has 0 aliphatic carbocycles. The van der Waals surface area contributed by atoms with Crippen LogP contribution in [0.5, 0.6) is 17.4 Å². The predicted octanol–water partition coefficient (Wildman–Crippen LogP) is 2.04. The number of hydrogen-bond donors (Lipinski definition) is 1. The zero-order valence-electron chi connectivity index (χ0n) is 10.5. The Hall–Kier alpha value is -2.81. The molecule has 19 heavy (non-hydrogen) atoms. The molecular weight excluding hydrogens is 244 g/mol. The molecular formula is C13H12N4O2. The van der Waals surface area contributed by atoms with E-state index in [9.17, 15) is 0 Å². The number of anilines is 1. The zero-order valence-corrected chi connectivity index (χ0v) is 10.5. The van der Waals surface area contributed by atoms with Crippen molar-refractivity contribution in [3.8, 4) is 23.4 Å². The Morgan fingerprint density at radius 1 is 1.26 bits per heavy atom. The van der Waals surface area contributed by atoms with Crippen LogP contribution in [0.15, 0.2) is 24.5 Å². The van der Waals surface area contributed by atoms with Crippen LogP contribution in [0.2, 0.25) is 0 Å². The van der Waals surface area contributed by atoms with Crippen LogP contribution in [0.25, 0.3) is 0 Å². The number of methoxy groups -OCH3 is 1. The van der Waals surface area contributed by atoms with Gasteiger partial charge in [-0.3, -0.25) is 0 Å². The zero-order chi connectivity index (χ0) is 13.8. The van der Waals surface area contributed by atoms with Gasteiger partial charge in [-0.15, -0.1) is 0 Å². The summed E-state index contributed by atoms with van der Waals surface area (Å²) in [6.45, 7) is 1.76. The van der Waals surface area contributed by atoms with E-state index in [1.54, 1.807) is 25.1 Å². The standard InChI is InChI=1S/C13H12N4O2/c1-8-12(15)16-7-17-13(8)19-10-4-3-9(6-14)5-11(10)18-2/h3-5,7H,1-2H3,(H2,15,16,17). The lowest BCUT2D eigenvalue weighted by Crippen LogP contribution is -2.00. The van der Waals surface area contributed by atoms with Crippen molar-refractivity contribution in [2.45, 2.75) is 6.92 Å². The van der Waals surface area contributed by atoms with Crippen LogP contribution < -0.4 is 15.2 Å². The Balaban J connectivity index is 2.38.